The lowest BCUT2D eigenvalue weighted by molar-refractivity contribution is 0.669. The van der Waals surface area contributed by atoms with Crippen LogP contribution in [-0.2, 0) is 0 Å². The van der Waals surface area contributed by atoms with E-state index in [9.17, 15) is 0 Å². The molecule has 0 amide bonds. The van der Waals surface area contributed by atoms with Crippen molar-refractivity contribution in [1.82, 2.24) is 19.5 Å². The lowest BCUT2D eigenvalue weighted by Gasteiger charge is -2.20. The average molecular weight is 700 g/mol. The van der Waals surface area contributed by atoms with Gasteiger partial charge in [-0.15, -0.1) is 16.4 Å². The highest BCUT2D eigenvalue weighted by atomic mass is 16.3. The van der Waals surface area contributed by atoms with Gasteiger partial charge in [0.1, 0.15) is 50.4 Å². The summed E-state index contributed by atoms with van der Waals surface area (Å²) in [5, 5.41) is 4.56. The highest BCUT2D eigenvalue weighted by Crippen LogP contribution is 2.38. The van der Waals surface area contributed by atoms with Crippen LogP contribution in [0.4, 0.5) is 0 Å². The Kier molecular flexibility index (Phi) is 7.70. The fraction of sp³-hybridized carbons (Fsp3) is 0. The van der Waals surface area contributed by atoms with E-state index in [4.69, 9.17) is 19.4 Å². The minimum atomic E-state index is 0.613. The van der Waals surface area contributed by atoms with Crippen molar-refractivity contribution < 1.29 is 4.42 Å². The number of benzene rings is 7. The van der Waals surface area contributed by atoms with Crippen molar-refractivity contribution in [3.05, 3.63) is 140 Å². The summed E-state index contributed by atoms with van der Waals surface area (Å²) in [6.45, 7) is 0. The summed E-state index contributed by atoms with van der Waals surface area (Å²) in [6.07, 6.45) is 0. The normalized spacial score (nSPS) is 11.6. The first-order chi connectivity index (χ1) is 26.8. The van der Waals surface area contributed by atoms with Gasteiger partial charge in [-0.2, -0.15) is 0 Å². The molecule has 0 spiro atoms. The molecule has 0 saturated carbocycles. The van der Waals surface area contributed by atoms with Gasteiger partial charge >= 0.3 is 0 Å². The van der Waals surface area contributed by atoms with E-state index in [1.54, 1.807) is 0 Å². The SMILES string of the molecule is Bc1c(B)c(B)c(-c2nc(-c3ccccc3)nc(-c3ccc4c(c3)oc3ccc(-n5c6ccccc6c6cc(-c7ccccc7)ccc65)cc34)n2)c(B)c1B. The lowest BCUT2D eigenvalue weighted by atomic mass is 9.60. The maximum Gasteiger partial charge on any atom is 0.164 e. The first-order valence-corrected chi connectivity index (χ1v) is 18.8. The summed E-state index contributed by atoms with van der Waals surface area (Å²) in [4.78, 5) is 15.3. The Labute approximate surface area is 323 Å². The molecule has 3 heterocycles. The molecule has 5 nitrogen and oxygen atoms in total. The number of fused-ring (bicyclic) bond motifs is 6. The summed E-state index contributed by atoms with van der Waals surface area (Å²) in [6, 6.07) is 49.0. The largest absolute Gasteiger partial charge is 0.456 e. The summed E-state index contributed by atoms with van der Waals surface area (Å²) >= 11 is 0. The molecule has 10 heteroatoms. The molecule has 7 aromatic carbocycles. The van der Waals surface area contributed by atoms with Gasteiger partial charge in [0.15, 0.2) is 17.5 Å². The number of rotatable bonds is 5. The van der Waals surface area contributed by atoms with E-state index in [1.807, 2.05) is 30.3 Å². The van der Waals surface area contributed by atoms with Crippen molar-refractivity contribution in [2.75, 3.05) is 0 Å². The van der Waals surface area contributed by atoms with Crippen LogP contribution >= 0.6 is 0 Å². The number of aromatic nitrogens is 4. The maximum absolute atomic E-state index is 6.56. The van der Waals surface area contributed by atoms with Gasteiger partial charge in [0.25, 0.3) is 0 Å². The van der Waals surface area contributed by atoms with E-state index in [0.717, 1.165) is 44.3 Å². The zero-order valence-corrected chi connectivity index (χ0v) is 31.5. The molecule has 55 heavy (non-hydrogen) atoms. The van der Waals surface area contributed by atoms with E-state index >= 15 is 0 Å². The number of nitrogens with zero attached hydrogens (tertiary/aromatic N) is 4. The minimum absolute atomic E-state index is 0.613. The second-order valence-electron chi connectivity index (χ2n) is 14.6. The third kappa shape index (κ3) is 5.35. The van der Waals surface area contributed by atoms with Crippen molar-refractivity contribution >= 4 is 110 Å². The topological polar surface area (TPSA) is 56.7 Å². The molecule has 0 radical (unpaired) electrons. The van der Waals surface area contributed by atoms with Crippen LogP contribution in [-0.4, -0.2) is 58.8 Å². The Balaban J connectivity index is 1.12. The molecule has 0 aliphatic heterocycles. The third-order valence-electron chi connectivity index (χ3n) is 11.6. The zero-order chi connectivity index (χ0) is 37.4. The van der Waals surface area contributed by atoms with Crippen molar-refractivity contribution in [2.24, 2.45) is 0 Å². The monoisotopic (exact) mass is 700 g/mol. The lowest BCUT2D eigenvalue weighted by Crippen LogP contribution is -2.55. The summed E-state index contributed by atoms with van der Waals surface area (Å²) in [5.74, 6) is 1.94. The smallest absolute Gasteiger partial charge is 0.164 e. The quantitative estimate of drug-likeness (QED) is 0.260. The van der Waals surface area contributed by atoms with Crippen molar-refractivity contribution in [1.29, 1.82) is 0 Å². The second-order valence-corrected chi connectivity index (χ2v) is 14.6. The predicted octanol–water partition coefficient (Wildman–Crippen LogP) is 2.83. The molecule has 10 aromatic rings. The fourth-order valence-corrected chi connectivity index (χ4v) is 8.27. The number of hydrogen-bond donors (Lipinski definition) is 0. The Bertz CT molecular complexity index is 3130. The van der Waals surface area contributed by atoms with Gasteiger partial charge in [0, 0.05) is 43.9 Å². The second kappa shape index (κ2) is 12.8. The molecule has 0 N–H and O–H groups in total. The molecule has 0 atom stereocenters. The minimum Gasteiger partial charge on any atom is -0.456 e. The Morgan fingerprint density at radius 2 is 0.982 bits per heavy atom. The third-order valence-corrected chi connectivity index (χ3v) is 11.6. The molecule has 0 bridgehead atoms. The van der Waals surface area contributed by atoms with Crippen LogP contribution in [0, 0.1) is 0 Å². The number of para-hydroxylation sites is 1. The van der Waals surface area contributed by atoms with Gasteiger partial charge < -0.3 is 8.98 Å². The summed E-state index contributed by atoms with van der Waals surface area (Å²) in [7, 11) is 10.9. The zero-order valence-electron chi connectivity index (χ0n) is 31.5. The number of hydrogen-bond acceptors (Lipinski definition) is 4. The molecular weight excluding hydrogens is 667 g/mol. The van der Waals surface area contributed by atoms with E-state index in [0.29, 0.717) is 17.5 Å². The van der Waals surface area contributed by atoms with Crippen LogP contribution in [0.2, 0.25) is 0 Å². The van der Waals surface area contributed by atoms with E-state index in [1.165, 1.54) is 60.2 Å². The Morgan fingerprint density at radius 1 is 0.382 bits per heavy atom. The van der Waals surface area contributed by atoms with Crippen molar-refractivity contribution in [2.45, 2.75) is 0 Å². The summed E-state index contributed by atoms with van der Waals surface area (Å²) in [5.41, 5.74) is 16.6. The first-order valence-electron chi connectivity index (χ1n) is 18.8. The molecule has 0 unspecified atom stereocenters. The Hall–Kier alpha value is -6.53. The molecule has 0 fully saturated rings. The van der Waals surface area contributed by atoms with Gasteiger partial charge in [0.05, 0.1) is 11.0 Å². The maximum atomic E-state index is 6.56. The molecule has 3 aromatic heterocycles. The van der Waals surface area contributed by atoms with Gasteiger partial charge in [-0.3, -0.25) is 0 Å². The van der Waals surface area contributed by atoms with E-state index < -0.39 is 0 Å². The molecule has 254 valence electrons. The summed E-state index contributed by atoms with van der Waals surface area (Å²) < 4.78 is 8.92. The van der Waals surface area contributed by atoms with Crippen LogP contribution in [0.25, 0.3) is 94.7 Å². The van der Waals surface area contributed by atoms with Crippen LogP contribution < -0.4 is 27.3 Å². The predicted molar refractivity (Wildman–Crippen MR) is 244 cm³/mol. The molecule has 0 aliphatic rings. The van der Waals surface area contributed by atoms with E-state index in [2.05, 4.69) is 153 Å². The first kappa shape index (κ1) is 33.1. The van der Waals surface area contributed by atoms with Crippen molar-refractivity contribution in [3.8, 4) is 51.0 Å². The van der Waals surface area contributed by atoms with Gasteiger partial charge in [-0.1, -0.05) is 102 Å². The standard InChI is InChI=1S/C45H33B5N4O/c46-38-37(39(47)41(49)42(50)40(38)48)45-52-43(25-11-5-2-6-12-25)51-44(53-45)27-15-18-30-32-23-28(17-20-35(32)55-36(30)22-27)54-33-14-8-7-13-29(33)31-21-26(16-19-34(31)54)24-9-3-1-4-10-24/h1-23H,46-50H2. The average Bonchev–Trinajstić information content (AvgIpc) is 3.77. The van der Waals surface area contributed by atoms with Crippen LogP contribution in [0.5, 0.6) is 0 Å². The molecule has 10 rings (SSSR count). The molecular formula is C45H33B5N4O. The van der Waals surface area contributed by atoms with Crippen LogP contribution in [0.1, 0.15) is 0 Å². The van der Waals surface area contributed by atoms with Gasteiger partial charge in [0.2, 0.25) is 0 Å². The highest BCUT2D eigenvalue weighted by molar-refractivity contribution is 6.68. The van der Waals surface area contributed by atoms with Gasteiger partial charge in [-0.05, 0) is 59.7 Å². The van der Waals surface area contributed by atoms with Crippen molar-refractivity contribution in [3.63, 3.8) is 0 Å². The number of furan rings is 1. The van der Waals surface area contributed by atoms with Crippen LogP contribution in [0.3, 0.4) is 0 Å². The molecule has 0 saturated heterocycles. The van der Waals surface area contributed by atoms with E-state index in [-0.39, 0.29) is 0 Å². The van der Waals surface area contributed by atoms with Gasteiger partial charge in [-0.25, -0.2) is 15.0 Å². The van der Waals surface area contributed by atoms with Crippen LogP contribution in [0.15, 0.2) is 144 Å². The Morgan fingerprint density at radius 3 is 1.73 bits per heavy atom. The highest BCUT2D eigenvalue weighted by Gasteiger charge is 2.20. The molecule has 0 aliphatic carbocycles. The fourth-order valence-electron chi connectivity index (χ4n) is 8.27.